The highest BCUT2D eigenvalue weighted by Gasteiger charge is 2.38. The van der Waals surface area contributed by atoms with Crippen LogP contribution in [-0.4, -0.2) is 64.5 Å². The van der Waals surface area contributed by atoms with E-state index in [1.165, 1.54) is 4.90 Å². The smallest absolute Gasteiger partial charge is 0.327 e. The van der Waals surface area contributed by atoms with Gasteiger partial charge in [0.1, 0.15) is 18.1 Å². The van der Waals surface area contributed by atoms with Crippen molar-refractivity contribution in [1.82, 2.24) is 10.6 Å². The maximum atomic E-state index is 13.0. The van der Waals surface area contributed by atoms with Gasteiger partial charge in [-0.15, -0.1) is 0 Å². The quantitative estimate of drug-likeness (QED) is 0.243. The highest BCUT2D eigenvalue weighted by Crippen LogP contribution is 2.33. The van der Waals surface area contributed by atoms with Gasteiger partial charge in [-0.3, -0.25) is 19.3 Å². The lowest BCUT2D eigenvalue weighted by atomic mass is 10.1. The number of anilines is 1. The summed E-state index contributed by atoms with van der Waals surface area (Å²) in [4.78, 5) is 63.6. The van der Waals surface area contributed by atoms with Crippen LogP contribution in [0.4, 0.5) is 5.69 Å². The Morgan fingerprint density at radius 2 is 1.58 bits per heavy atom. The summed E-state index contributed by atoms with van der Waals surface area (Å²) in [5.74, 6) is -4.24. The molecule has 3 amide bonds. The van der Waals surface area contributed by atoms with E-state index in [1.54, 1.807) is 54.6 Å². The molecule has 1 heterocycles. The van der Waals surface area contributed by atoms with Crippen molar-refractivity contribution in [2.45, 2.75) is 56.7 Å². The van der Waals surface area contributed by atoms with E-state index in [2.05, 4.69) is 10.6 Å². The molecule has 0 saturated carbocycles. The molecule has 0 bridgehead atoms. The fourth-order valence-corrected chi connectivity index (χ4v) is 4.40. The minimum atomic E-state index is -1.42. The minimum absolute atomic E-state index is 0.155. The van der Waals surface area contributed by atoms with Gasteiger partial charge in [0.15, 0.2) is 0 Å². The lowest BCUT2D eigenvalue weighted by molar-refractivity contribution is -0.143. The Kier molecular flexibility index (Phi) is 9.94. The second kappa shape index (κ2) is 13.3. The van der Waals surface area contributed by atoms with Crippen LogP contribution in [0.15, 0.2) is 54.6 Å². The summed E-state index contributed by atoms with van der Waals surface area (Å²) in [7, 11) is 0. The fraction of sp³-hybridized carbons (Fsp3) is 0.370. The Morgan fingerprint density at radius 3 is 2.24 bits per heavy atom. The SMILES string of the molecule is NCCCC[C@H](NC(=O)c1ccccc1)C(=O)N[C@H](CCC(=O)N1c2ccccc2C[C@H]1C(=O)O)C(=O)O. The molecular weight excluding hydrogens is 492 g/mol. The summed E-state index contributed by atoms with van der Waals surface area (Å²) in [5, 5.41) is 24.4. The molecule has 0 aromatic heterocycles. The number of carboxylic acids is 2. The van der Waals surface area contributed by atoms with Gasteiger partial charge >= 0.3 is 11.9 Å². The maximum absolute atomic E-state index is 13.0. The van der Waals surface area contributed by atoms with Crippen molar-refractivity contribution in [3.8, 4) is 0 Å². The molecular formula is C27H32N4O7. The number of carbonyl (C=O) groups is 5. The van der Waals surface area contributed by atoms with Crippen LogP contribution in [0.3, 0.4) is 0 Å². The third-order valence-corrected chi connectivity index (χ3v) is 6.40. The Hall–Kier alpha value is -4.25. The van der Waals surface area contributed by atoms with Crippen LogP contribution >= 0.6 is 0 Å². The van der Waals surface area contributed by atoms with Crippen molar-refractivity contribution in [2.75, 3.05) is 11.4 Å². The third kappa shape index (κ3) is 7.16. The number of para-hydroxylation sites is 1. The van der Waals surface area contributed by atoms with Gasteiger partial charge in [-0.25, -0.2) is 9.59 Å². The predicted octanol–water partition coefficient (Wildman–Crippen LogP) is 1.31. The van der Waals surface area contributed by atoms with Crippen LogP contribution in [-0.2, 0) is 25.6 Å². The van der Waals surface area contributed by atoms with Crippen LogP contribution in [0.5, 0.6) is 0 Å². The van der Waals surface area contributed by atoms with Crippen LogP contribution < -0.4 is 21.3 Å². The lowest BCUT2D eigenvalue weighted by Gasteiger charge is -2.24. The number of amides is 3. The van der Waals surface area contributed by atoms with Gasteiger partial charge in [0.05, 0.1) is 0 Å². The van der Waals surface area contributed by atoms with Crippen molar-refractivity contribution < 1.29 is 34.2 Å². The van der Waals surface area contributed by atoms with Crippen LogP contribution in [0, 0.1) is 0 Å². The number of carbonyl (C=O) groups excluding carboxylic acids is 3. The summed E-state index contributed by atoms with van der Waals surface area (Å²) in [6, 6.07) is 11.6. The number of benzene rings is 2. The second-order valence-corrected chi connectivity index (χ2v) is 9.07. The van der Waals surface area contributed by atoms with Crippen molar-refractivity contribution in [1.29, 1.82) is 0 Å². The minimum Gasteiger partial charge on any atom is -0.480 e. The number of carboxylic acid groups (broad SMARTS) is 2. The van der Waals surface area contributed by atoms with E-state index < -0.39 is 47.8 Å². The predicted molar refractivity (Wildman–Crippen MR) is 138 cm³/mol. The Bertz CT molecular complexity index is 1170. The summed E-state index contributed by atoms with van der Waals surface area (Å²) in [5.41, 5.74) is 7.08. The zero-order valence-corrected chi connectivity index (χ0v) is 20.8. The first-order valence-corrected chi connectivity index (χ1v) is 12.4. The van der Waals surface area contributed by atoms with Gasteiger partial charge in [-0.2, -0.15) is 0 Å². The lowest BCUT2D eigenvalue weighted by Crippen LogP contribution is -2.52. The number of nitrogens with two attached hydrogens (primary N) is 1. The summed E-state index contributed by atoms with van der Waals surface area (Å²) in [6.45, 7) is 0.401. The molecule has 0 spiro atoms. The Morgan fingerprint density at radius 1 is 0.895 bits per heavy atom. The first-order valence-electron chi connectivity index (χ1n) is 12.4. The van der Waals surface area contributed by atoms with Gasteiger partial charge < -0.3 is 26.6 Å². The largest absolute Gasteiger partial charge is 0.480 e. The van der Waals surface area contributed by atoms with Crippen molar-refractivity contribution in [2.24, 2.45) is 5.73 Å². The molecule has 0 unspecified atom stereocenters. The Labute approximate surface area is 220 Å². The highest BCUT2D eigenvalue weighted by atomic mass is 16.4. The van der Waals surface area contributed by atoms with E-state index in [9.17, 15) is 34.2 Å². The molecule has 11 heteroatoms. The number of rotatable bonds is 13. The summed E-state index contributed by atoms with van der Waals surface area (Å²) >= 11 is 0. The molecule has 0 radical (unpaired) electrons. The molecule has 202 valence electrons. The monoisotopic (exact) mass is 524 g/mol. The third-order valence-electron chi connectivity index (χ3n) is 6.40. The van der Waals surface area contributed by atoms with Crippen molar-refractivity contribution >= 4 is 35.3 Å². The van der Waals surface area contributed by atoms with E-state index in [-0.39, 0.29) is 25.7 Å². The number of aliphatic carboxylic acids is 2. The average molecular weight is 525 g/mol. The summed E-state index contributed by atoms with van der Waals surface area (Å²) < 4.78 is 0. The number of unbranched alkanes of at least 4 members (excludes halogenated alkanes) is 1. The molecule has 38 heavy (non-hydrogen) atoms. The van der Waals surface area contributed by atoms with Crippen molar-refractivity contribution in [3.05, 3.63) is 65.7 Å². The van der Waals surface area contributed by atoms with Gasteiger partial charge in [-0.05, 0) is 56.0 Å². The first kappa shape index (κ1) is 28.3. The van der Waals surface area contributed by atoms with Crippen molar-refractivity contribution in [3.63, 3.8) is 0 Å². The van der Waals surface area contributed by atoms with E-state index in [4.69, 9.17) is 5.73 Å². The molecule has 6 N–H and O–H groups in total. The standard InChI is InChI=1S/C27H32N4O7/c28-15-7-6-11-19(29-24(33)17-8-2-1-3-9-17)25(34)30-20(26(35)36)13-14-23(32)31-21-12-5-4-10-18(21)16-22(31)27(37)38/h1-5,8-10,12,19-20,22H,6-7,11,13-16,28H2,(H,29,33)(H,30,34)(H,35,36)(H,37,38)/t19-,20+,22-/m0/s1. The van der Waals surface area contributed by atoms with Gasteiger partial charge in [0.2, 0.25) is 11.8 Å². The zero-order chi connectivity index (χ0) is 27.7. The zero-order valence-electron chi connectivity index (χ0n) is 20.8. The highest BCUT2D eigenvalue weighted by molar-refractivity contribution is 6.02. The average Bonchev–Trinajstić information content (AvgIpc) is 3.30. The van der Waals surface area contributed by atoms with Crippen LogP contribution in [0.2, 0.25) is 0 Å². The number of nitrogens with one attached hydrogen (secondary N) is 2. The molecule has 3 atom stereocenters. The molecule has 1 aliphatic heterocycles. The number of hydrogen-bond acceptors (Lipinski definition) is 6. The number of fused-ring (bicyclic) bond motifs is 1. The van der Waals surface area contributed by atoms with Crippen LogP contribution in [0.25, 0.3) is 0 Å². The van der Waals surface area contributed by atoms with E-state index >= 15 is 0 Å². The van der Waals surface area contributed by atoms with Gasteiger partial charge in [0, 0.05) is 24.1 Å². The summed E-state index contributed by atoms with van der Waals surface area (Å²) in [6.07, 6.45) is 0.991. The number of hydrogen-bond donors (Lipinski definition) is 5. The molecule has 0 saturated heterocycles. The van der Waals surface area contributed by atoms with Gasteiger partial charge in [0.25, 0.3) is 5.91 Å². The van der Waals surface area contributed by atoms with E-state index in [0.29, 0.717) is 36.2 Å². The topological polar surface area (TPSA) is 179 Å². The molecule has 0 fully saturated rings. The first-order chi connectivity index (χ1) is 18.2. The van der Waals surface area contributed by atoms with E-state index in [1.807, 2.05) is 0 Å². The van der Waals surface area contributed by atoms with E-state index in [0.717, 1.165) is 0 Å². The number of nitrogens with zero attached hydrogens (tertiary/aromatic N) is 1. The Balaban J connectivity index is 1.67. The molecule has 0 aliphatic carbocycles. The normalized spacial score (nSPS) is 15.7. The maximum Gasteiger partial charge on any atom is 0.327 e. The molecule has 2 aromatic rings. The second-order valence-electron chi connectivity index (χ2n) is 9.07. The van der Waals surface area contributed by atoms with Crippen LogP contribution in [0.1, 0.15) is 48.0 Å². The molecule has 1 aliphatic rings. The fourth-order valence-electron chi connectivity index (χ4n) is 4.40. The molecule has 11 nitrogen and oxygen atoms in total. The molecule has 3 rings (SSSR count). The molecule has 2 aromatic carbocycles. The van der Waals surface area contributed by atoms with Gasteiger partial charge in [-0.1, -0.05) is 36.4 Å².